The molecular formula is C17H23FNSi+. The van der Waals surface area contributed by atoms with Gasteiger partial charge in [-0.15, -0.1) is 0 Å². The third-order valence-electron chi connectivity index (χ3n) is 3.55. The average Bonchev–Trinajstić information content (AvgIpc) is 2.36. The molecule has 1 aromatic carbocycles. The lowest BCUT2D eigenvalue weighted by molar-refractivity contribution is -0.659. The Labute approximate surface area is 126 Å². The first kappa shape index (κ1) is 11.2. The van der Waals surface area contributed by atoms with E-state index >= 15 is 0 Å². The van der Waals surface area contributed by atoms with Crippen molar-refractivity contribution in [2.24, 2.45) is 7.05 Å². The summed E-state index contributed by atoms with van der Waals surface area (Å²) < 4.78 is 39.0. The molecule has 0 atom stereocenters. The van der Waals surface area contributed by atoms with E-state index < -0.39 is 14.9 Å². The van der Waals surface area contributed by atoms with Crippen LogP contribution in [-0.2, 0) is 7.05 Å². The topological polar surface area (TPSA) is 3.88 Å². The zero-order valence-electron chi connectivity index (χ0n) is 15.7. The van der Waals surface area contributed by atoms with Crippen molar-refractivity contribution in [1.82, 2.24) is 0 Å². The maximum absolute atomic E-state index is 13.4. The molecule has 0 unspecified atom stereocenters. The van der Waals surface area contributed by atoms with Crippen molar-refractivity contribution in [2.75, 3.05) is 0 Å². The molecule has 1 nitrogen and oxygen atoms in total. The monoisotopic (exact) mass is 291 g/mol. The molecule has 106 valence electrons. The van der Waals surface area contributed by atoms with Crippen molar-refractivity contribution < 1.29 is 13.1 Å². The van der Waals surface area contributed by atoms with Crippen LogP contribution in [0.3, 0.4) is 0 Å². The van der Waals surface area contributed by atoms with Gasteiger partial charge in [0.1, 0.15) is 12.9 Å². The molecule has 0 amide bonds. The minimum Gasteiger partial charge on any atom is -0.207 e. The van der Waals surface area contributed by atoms with E-state index in [9.17, 15) is 4.39 Å². The van der Waals surface area contributed by atoms with Crippen molar-refractivity contribution in [3.05, 3.63) is 47.4 Å². The van der Waals surface area contributed by atoms with E-state index in [1.807, 2.05) is 24.7 Å². The molecule has 0 saturated carbocycles. The summed E-state index contributed by atoms with van der Waals surface area (Å²) >= 11 is 0. The minimum absolute atomic E-state index is 0.288. The van der Waals surface area contributed by atoms with E-state index in [0.29, 0.717) is 5.56 Å². The molecule has 0 N–H and O–H groups in total. The first-order valence-corrected chi connectivity index (χ1v) is 10.2. The molecule has 0 fully saturated rings. The Kier molecular flexibility index (Phi) is 2.88. The van der Waals surface area contributed by atoms with Gasteiger partial charge < -0.3 is 0 Å². The highest BCUT2D eigenvalue weighted by molar-refractivity contribution is 6.88. The molecular weight excluding hydrogens is 265 g/mol. The molecule has 2 aromatic rings. The first-order chi connectivity index (χ1) is 10.4. The second kappa shape index (κ2) is 5.13. The second-order valence-electron chi connectivity index (χ2n) is 6.31. The lowest BCUT2D eigenvalue weighted by Gasteiger charge is -2.18. The number of hydrogen-bond donors (Lipinski definition) is 0. The van der Waals surface area contributed by atoms with Crippen LogP contribution in [0.5, 0.6) is 0 Å². The number of pyridine rings is 1. The van der Waals surface area contributed by atoms with Gasteiger partial charge in [0, 0.05) is 20.9 Å². The van der Waals surface area contributed by atoms with E-state index in [1.54, 1.807) is 12.1 Å². The summed E-state index contributed by atoms with van der Waals surface area (Å²) in [4.78, 5) is 0. The summed E-state index contributed by atoms with van der Waals surface area (Å²) in [5.74, 6) is -0.288. The zero-order chi connectivity index (χ0) is 17.6. The van der Waals surface area contributed by atoms with Gasteiger partial charge in [-0.05, 0) is 43.1 Å². The van der Waals surface area contributed by atoms with Crippen molar-refractivity contribution in [3.63, 3.8) is 0 Å². The van der Waals surface area contributed by atoms with Crippen molar-refractivity contribution in [3.8, 4) is 11.3 Å². The molecule has 1 heterocycles. The molecule has 0 saturated heterocycles. The SMILES string of the molecule is [2H]C([2H])([2H])c1cc(-c2ccc(F)cc2C)[n+](C)cc1[Si](C)(C)C. The summed E-state index contributed by atoms with van der Waals surface area (Å²) in [6, 6.07) is 6.33. The maximum Gasteiger partial charge on any atom is 0.212 e. The molecule has 20 heavy (non-hydrogen) atoms. The highest BCUT2D eigenvalue weighted by atomic mass is 28.3. The molecule has 0 aliphatic rings. The van der Waals surface area contributed by atoms with Gasteiger partial charge in [0.15, 0.2) is 6.20 Å². The number of halogens is 1. The molecule has 0 aliphatic heterocycles. The van der Waals surface area contributed by atoms with Gasteiger partial charge in [-0.1, -0.05) is 19.6 Å². The normalized spacial score (nSPS) is 14.6. The lowest BCUT2D eigenvalue weighted by atomic mass is 10.0. The zero-order valence-corrected chi connectivity index (χ0v) is 13.7. The third-order valence-corrected chi connectivity index (χ3v) is 5.56. The maximum atomic E-state index is 13.4. The van der Waals surface area contributed by atoms with E-state index in [2.05, 4.69) is 19.6 Å². The van der Waals surface area contributed by atoms with Crippen LogP contribution in [0.15, 0.2) is 30.5 Å². The Balaban J connectivity index is 2.77. The van der Waals surface area contributed by atoms with Crippen LogP contribution in [-0.4, -0.2) is 8.07 Å². The van der Waals surface area contributed by atoms with Crippen LogP contribution < -0.4 is 9.75 Å². The Bertz CT molecular complexity index is 749. The largest absolute Gasteiger partial charge is 0.212 e. The Hall–Kier alpha value is -1.48. The number of aromatic nitrogens is 1. The Morgan fingerprint density at radius 2 is 1.85 bits per heavy atom. The molecule has 0 spiro atoms. The van der Waals surface area contributed by atoms with Gasteiger partial charge in [0.25, 0.3) is 0 Å². The number of nitrogens with zero attached hydrogens (tertiary/aromatic N) is 1. The van der Waals surface area contributed by atoms with Crippen LogP contribution in [0.1, 0.15) is 15.2 Å². The second-order valence-corrected chi connectivity index (χ2v) is 11.3. The van der Waals surface area contributed by atoms with Crippen LogP contribution >= 0.6 is 0 Å². The summed E-state index contributed by atoms with van der Waals surface area (Å²) in [6.45, 7) is 6.09. The van der Waals surface area contributed by atoms with Gasteiger partial charge in [-0.2, -0.15) is 0 Å². The van der Waals surface area contributed by atoms with E-state index in [4.69, 9.17) is 4.11 Å². The quantitative estimate of drug-likeness (QED) is 0.589. The van der Waals surface area contributed by atoms with Gasteiger partial charge in [-0.3, -0.25) is 0 Å². The van der Waals surface area contributed by atoms with Gasteiger partial charge >= 0.3 is 0 Å². The fraction of sp³-hybridized carbons (Fsp3) is 0.353. The standard InChI is InChI=1S/C17H23FNSi/c1-12-9-14(18)7-8-15(12)16-10-13(2)17(11-19(16)3)20(4,5)6/h7-11H,1-6H3/q+1/i2D3. The summed E-state index contributed by atoms with van der Waals surface area (Å²) in [6.07, 6.45) is 1.94. The number of benzene rings is 1. The molecule has 0 radical (unpaired) electrons. The van der Waals surface area contributed by atoms with Crippen LogP contribution in [0, 0.1) is 19.6 Å². The molecule has 2 rings (SSSR count). The van der Waals surface area contributed by atoms with Crippen LogP contribution in [0.2, 0.25) is 19.6 Å². The van der Waals surface area contributed by atoms with Crippen LogP contribution in [0.4, 0.5) is 4.39 Å². The molecule has 1 aromatic heterocycles. The van der Waals surface area contributed by atoms with Gasteiger partial charge in [-0.25, -0.2) is 8.96 Å². The van der Waals surface area contributed by atoms with E-state index in [1.165, 1.54) is 12.1 Å². The molecule has 0 aliphatic carbocycles. The summed E-state index contributed by atoms with van der Waals surface area (Å²) in [7, 11) is 0.101. The smallest absolute Gasteiger partial charge is 0.207 e. The number of rotatable bonds is 2. The van der Waals surface area contributed by atoms with Crippen LogP contribution in [0.25, 0.3) is 11.3 Å². The van der Waals surface area contributed by atoms with Crippen molar-refractivity contribution in [2.45, 2.75) is 33.4 Å². The lowest BCUT2D eigenvalue weighted by Crippen LogP contribution is -2.46. The first-order valence-electron chi connectivity index (χ1n) is 8.22. The van der Waals surface area contributed by atoms with E-state index in [0.717, 1.165) is 22.0 Å². The third kappa shape index (κ3) is 2.83. The minimum atomic E-state index is -2.16. The van der Waals surface area contributed by atoms with Gasteiger partial charge in [0.05, 0.1) is 8.07 Å². The number of aryl methyl sites for hydroxylation is 3. The van der Waals surface area contributed by atoms with Gasteiger partial charge in [0.2, 0.25) is 5.69 Å². The van der Waals surface area contributed by atoms with Crippen molar-refractivity contribution >= 4 is 13.3 Å². The predicted molar refractivity (Wildman–Crippen MR) is 85.5 cm³/mol. The van der Waals surface area contributed by atoms with E-state index in [-0.39, 0.29) is 5.82 Å². The fourth-order valence-corrected chi connectivity index (χ4v) is 3.89. The predicted octanol–water partition coefficient (Wildman–Crippen LogP) is 3.48. The summed E-state index contributed by atoms with van der Waals surface area (Å²) in [5.41, 5.74) is 2.84. The summed E-state index contributed by atoms with van der Waals surface area (Å²) in [5, 5.41) is 0.934. The fourth-order valence-electron chi connectivity index (χ4n) is 2.43. The Morgan fingerprint density at radius 3 is 2.40 bits per heavy atom. The molecule has 0 bridgehead atoms. The van der Waals surface area contributed by atoms with Crippen molar-refractivity contribution in [1.29, 1.82) is 0 Å². The molecule has 3 heteroatoms. The Morgan fingerprint density at radius 1 is 1.15 bits per heavy atom. The number of hydrogen-bond acceptors (Lipinski definition) is 0. The average molecular weight is 291 g/mol. The highest BCUT2D eigenvalue weighted by Gasteiger charge is 2.24. The highest BCUT2D eigenvalue weighted by Crippen LogP contribution is 2.22.